The second-order valence-corrected chi connectivity index (χ2v) is 8.03. The molecule has 0 aromatic heterocycles. The zero-order valence-electron chi connectivity index (χ0n) is 18.5. The Kier molecular flexibility index (Phi) is 12.2. The van der Waals surface area contributed by atoms with Gasteiger partial charge in [0.15, 0.2) is 5.96 Å². The molecule has 0 spiro atoms. The molecule has 1 aliphatic heterocycles. The number of nitrogens with zero attached hydrogens (tertiary/aromatic N) is 1. The number of hydrogen-bond donors (Lipinski definition) is 3. The highest BCUT2D eigenvalue weighted by molar-refractivity contribution is 14.0. The molecule has 1 aliphatic carbocycles. The van der Waals surface area contributed by atoms with E-state index in [-0.39, 0.29) is 36.0 Å². The number of nitrogens with one attached hydrogen (secondary N) is 3. The number of benzene rings is 1. The molecular formula is C23H37IN4O3. The summed E-state index contributed by atoms with van der Waals surface area (Å²) in [6.07, 6.45) is 9.45. The number of guanidine groups is 1. The summed E-state index contributed by atoms with van der Waals surface area (Å²) in [4.78, 5) is 16.5. The molecule has 1 amide bonds. The van der Waals surface area contributed by atoms with E-state index in [2.05, 4.69) is 20.9 Å². The van der Waals surface area contributed by atoms with Crippen LogP contribution < -0.4 is 16.0 Å². The molecule has 2 aliphatic rings. The number of carbonyl (C=O) groups excluding carboxylic acids is 1. The maximum Gasteiger partial charge on any atom is 0.253 e. The molecule has 1 aromatic rings. The molecule has 1 saturated heterocycles. The summed E-state index contributed by atoms with van der Waals surface area (Å²) in [5.74, 6) is 0.678. The quantitative estimate of drug-likeness (QED) is 0.152. The monoisotopic (exact) mass is 544 g/mol. The lowest BCUT2D eigenvalue weighted by molar-refractivity contribution is -0.124. The van der Waals surface area contributed by atoms with E-state index in [1.807, 2.05) is 24.3 Å². The van der Waals surface area contributed by atoms with Crippen LogP contribution in [0, 0.1) is 0 Å². The SMILES string of the molecule is CN=C(NCCOC1CCCCCC1)NCc1cccc(NC(=O)C2CCCO2)c1.I. The molecule has 1 atom stereocenters. The third-order valence-corrected chi connectivity index (χ3v) is 5.65. The number of aliphatic imine (C=N–C) groups is 1. The fourth-order valence-corrected chi connectivity index (χ4v) is 3.98. The van der Waals surface area contributed by atoms with Crippen LogP contribution in [0.4, 0.5) is 5.69 Å². The van der Waals surface area contributed by atoms with Gasteiger partial charge >= 0.3 is 0 Å². The van der Waals surface area contributed by atoms with Crippen LogP contribution in [-0.4, -0.2) is 50.9 Å². The Bertz CT molecular complexity index is 687. The molecule has 0 radical (unpaired) electrons. The van der Waals surface area contributed by atoms with Crippen LogP contribution in [0.3, 0.4) is 0 Å². The van der Waals surface area contributed by atoms with E-state index in [4.69, 9.17) is 9.47 Å². The van der Waals surface area contributed by atoms with E-state index in [1.54, 1.807) is 7.05 Å². The Morgan fingerprint density at radius 2 is 1.94 bits per heavy atom. The summed E-state index contributed by atoms with van der Waals surface area (Å²) >= 11 is 0. The number of anilines is 1. The predicted molar refractivity (Wildman–Crippen MR) is 135 cm³/mol. The molecule has 8 heteroatoms. The molecule has 7 nitrogen and oxygen atoms in total. The molecule has 174 valence electrons. The van der Waals surface area contributed by atoms with E-state index in [0.29, 0.717) is 25.9 Å². The number of rotatable bonds is 8. The second kappa shape index (κ2) is 14.6. The molecule has 3 N–H and O–H groups in total. The van der Waals surface area contributed by atoms with Gasteiger partial charge in [-0.1, -0.05) is 37.8 Å². The summed E-state index contributed by atoms with van der Waals surface area (Å²) in [6, 6.07) is 7.84. The van der Waals surface area contributed by atoms with Crippen molar-refractivity contribution in [1.29, 1.82) is 0 Å². The number of hydrogen-bond acceptors (Lipinski definition) is 4. The second-order valence-electron chi connectivity index (χ2n) is 8.03. The normalized spacial score (nSPS) is 19.9. The standard InChI is InChI=1S/C23H36N4O3.HI/c1-24-23(25-13-15-29-20-10-4-2-3-5-11-20)26-17-18-8-6-9-19(16-18)27-22(28)21-12-7-14-30-21;/h6,8-9,16,20-21H,2-5,7,10-15,17H2,1H3,(H,27,28)(H2,24,25,26);1H. The minimum Gasteiger partial charge on any atom is -0.376 e. The Balaban J connectivity index is 0.00000341. The first-order valence-corrected chi connectivity index (χ1v) is 11.3. The number of ether oxygens (including phenoxy) is 2. The summed E-state index contributed by atoms with van der Waals surface area (Å²) in [5.41, 5.74) is 1.85. The van der Waals surface area contributed by atoms with Crippen LogP contribution in [-0.2, 0) is 20.8 Å². The Morgan fingerprint density at radius 3 is 2.65 bits per heavy atom. The van der Waals surface area contributed by atoms with Crippen molar-refractivity contribution in [3.8, 4) is 0 Å². The third-order valence-electron chi connectivity index (χ3n) is 5.65. The first-order chi connectivity index (χ1) is 14.7. The highest BCUT2D eigenvalue weighted by Gasteiger charge is 2.23. The summed E-state index contributed by atoms with van der Waals surface area (Å²) < 4.78 is 11.5. The van der Waals surface area contributed by atoms with Crippen molar-refractivity contribution in [2.24, 2.45) is 4.99 Å². The highest BCUT2D eigenvalue weighted by Crippen LogP contribution is 2.19. The first kappa shape index (κ1) is 25.9. The third kappa shape index (κ3) is 9.33. The molecule has 1 saturated carbocycles. The van der Waals surface area contributed by atoms with Crippen LogP contribution >= 0.6 is 24.0 Å². The van der Waals surface area contributed by atoms with Crippen molar-refractivity contribution in [2.45, 2.75) is 70.1 Å². The highest BCUT2D eigenvalue weighted by atomic mass is 127. The van der Waals surface area contributed by atoms with E-state index < -0.39 is 0 Å². The van der Waals surface area contributed by atoms with Crippen LogP contribution in [0.25, 0.3) is 0 Å². The molecule has 1 aromatic carbocycles. The average Bonchev–Trinajstić information content (AvgIpc) is 3.18. The zero-order chi connectivity index (χ0) is 21.0. The van der Waals surface area contributed by atoms with Crippen molar-refractivity contribution in [2.75, 3.05) is 32.1 Å². The van der Waals surface area contributed by atoms with Gasteiger partial charge in [-0.25, -0.2) is 0 Å². The predicted octanol–water partition coefficient (Wildman–Crippen LogP) is 3.83. The van der Waals surface area contributed by atoms with Gasteiger partial charge in [-0.3, -0.25) is 9.79 Å². The van der Waals surface area contributed by atoms with Gasteiger partial charge < -0.3 is 25.4 Å². The van der Waals surface area contributed by atoms with E-state index in [0.717, 1.165) is 36.6 Å². The molecule has 2 fully saturated rings. The van der Waals surface area contributed by atoms with Gasteiger partial charge in [0.2, 0.25) is 0 Å². The van der Waals surface area contributed by atoms with Crippen molar-refractivity contribution in [3.63, 3.8) is 0 Å². The van der Waals surface area contributed by atoms with Gasteiger partial charge in [0.25, 0.3) is 5.91 Å². The fourth-order valence-electron chi connectivity index (χ4n) is 3.98. The summed E-state index contributed by atoms with van der Waals surface area (Å²) in [7, 11) is 1.76. The maximum atomic E-state index is 12.2. The van der Waals surface area contributed by atoms with Gasteiger partial charge in [-0.2, -0.15) is 0 Å². The molecule has 0 bridgehead atoms. The Hall–Kier alpha value is -1.39. The Labute approximate surface area is 203 Å². The van der Waals surface area contributed by atoms with Crippen LogP contribution in [0.5, 0.6) is 0 Å². The Morgan fingerprint density at radius 1 is 1.13 bits per heavy atom. The first-order valence-electron chi connectivity index (χ1n) is 11.3. The van der Waals surface area contributed by atoms with Gasteiger partial charge in [0.05, 0.1) is 12.7 Å². The number of amides is 1. The van der Waals surface area contributed by atoms with Crippen molar-refractivity contribution in [1.82, 2.24) is 10.6 Å². The van der Waals surface area contributed by atoms with Crippen molar-refractivity contribution < 1.29 is 14.3 Å². The molecule has 3 rings (SSSR count). The summed E-state index contributed by atoms with van der Waals surface area (Å²) in [5, 5.41) is 9.57. The van der Waals surface area contributed by atoms with Crippen LogP contribution in [0.1, 0.15) is 56.9 Å². The van der Waals surface area contributed by atoms with Gasteiger partial charge in [0, 0.05) is 32.4 Å². The lowest BCUT2D eigenvalue weighted by atomic mass is 10.1. The van der Waals surface area contributed by atoms with Crippen LogP contribution in [0.15, 0.2) is 29.3 Å². The summed E-state index contributed by atoms with van der Waals surface area (Å²) in [6.45, 7) is 2.70. The van der Waals surface area contributed by atoms with Crippen molar-refractivity contribution >= 4 is 41.5 Å². The van der Waals surface area contributed by atoms with Gasteiger partial charge in [-0.15, -0.1) is 24.0 Å². The maximum absolute atomic E-state index is 12.2. The van der Waals surface area contributed by atoms with Gasteiger partial charge in [-0.05, 0) is 43.4 Å². The van der Waals surface area contributed by atoms with Gasteiger partial charge in [0.1, 0.15) is 6.10 Å². The molecule has 1 heterocycles. The molecule has 1 unspecified atom stereocenters. The fraction of sp³-hybridized carbons (Fsp3) is 0.652. The smallest absolute Gasteiger partial charge is 0.253 e. The lowest BCUT2D eigenvalue weighted by Crippen LogP contribution is -2.39. The van der Waals surface area contributed by atoms with E-state index in [1.165, 1.54) is 38.5 Å². The molecule has 31 heavy (non-hydrogen) atoms. The zero-order valence-corrected chi connectivity index (χ0v) is 20.9. The van der Waals surface area contributed by atoms with Crippen molar-refractivity contribution in [3.05, 3.63) is 29.8 Å². The minimum atomic E-state index is -0.324. The number of halogens is 1. The average molecular weight is 544 g/mol. The number of carbonyl (C=O) groups is 1. The molecular weight excluding hydrogens is 507 g/mol. The van der Waals surface area contributed by atoms with E-state index in [9.17, 15) is 4.79 Å². The largest absolute Gasteiger partial charge is 0.376 e. The lowest BCUT2D eigenvalue weighted by Gasteiger charge is -2.17. The van der Waals surface area contributed by atoms with Crippen LogP contribution in [0.2, 0.25) is 0 Å². The minimum absolute atomic E-state index is 0. The topological polar surface area (TPSA) is 84.0 Å². The van der Waals surface area contributed by atoms with E-state index >= 15 is 0 Å².